The molecule has 6 heteroatoms. The quantitative estimate of drug-likeness (QED) is 0.833. The van der Waals surface area contributed by atoms with Gasteiger partial charge in [0, 0.05) is 19.6 Å². The second-order valence-corrected chi connectivity index (χ2v) is 6.92. The standard InChI is InChI=1S/C21H23FN2O3/c1-26-19-9-5-8-17(22)20(19)21(25)23-10-11-24-16(12-23)13-27-14-18(24)15-6-3-2-4-7-15/h2-9,16,18H,10-14H2,1H3/t16-,18-/m1/s1. The Kier molecular flexibility index (Phi) is 5.09. The van der Waals surface area contributed by atoms with E-state index in [1.54, 1.807) is 17.0 Å². The van der Waals surface area contributed by atoms with Crippen molar-refractivity contribution in [2.24, 2.45) is 0 Å². The number of fused-ring (bicyclic) bond motifs is 1. The number of methoxy groups -OCH3 is 1. The molecule has 2 fully saturated rings. The summed E-state index contributed by atoms with van der Waals surface area (Å²) in [5, 5.41) is 0. The van der Waals surface area contributed by atoms with E-state index in [0.29, 0.717) is 26.3 Å². The first-order valence-corrected chi connectivity index (χ1v) is 9.19. The predicted molar refractivity (Wildman–Crippen MR) is 99.4 cm³/mol. The Balaban J connectivity index is 1.53. The van der Waals surface area contributed by atoms with E-state index in [1.165, 1.54) is 18.7 Å². The molecule has 4 rings (SSSR count). The molecule has 2 aromatic rings. The van der Waals surface area contributed by atoms with Crippen LogP contribution in [0.3, 0.4) is 0 Å². The lowest BCUT2D eigenvalue weighted by Gasteiger charge is -2.48. The Morgan fingerprint density at radius 1 is 1.11 bits per heavy atom. The maximum atomic E-state index is 14.3. The summed E-state index contributed by atoms with van der Waals surface area (Å²) in [7, 11) is 1.45. The maximum Gasteiger partial charge on any atom is 0.260 e. The van der Waals surface area contributed by atoms with E-state index in [4.69, 9.17) is 9.47 Å². The van der Waals surface area contributed by atoms with Crippen LogP contribution in [-0.2, 0) is 4.74 Å². The Bertz CT molecular complexity index is 814. The van der Waals surface area contributed by atoms with Crippen LogP contribution in [0.1, 0.15) is 22.0 Å². The highest BCUT2D eigenvalue weighted by atomic mass is 19.1. The molecule has 0 aliphatic carbocycles. The second kappa shape index (κ2) is 7.66. The number of morpholine rings is 1. The van der Waals surface area contributed by atoms with Crippen molar-refractivity contribution in [1.82, 2.24) is 9.80 Å². The Morgan fingerprint density at radius 2 is 1.93 bits per heavy atom. The molecule has 0 saturated carbocycles. The molecule has 2 heterocycles. The van der Waals surface area contributed by atoms with E-state index in [9.17, 15) is 9.18 Å². The SMILES string of the molecule is COc1cccc(F)c1C(=O)N1CCN2[C@@H](COC[C@@H]2c2ccccc2)C1. The van der Waals surface area contributed by atoms with Crippen LogP contribution in [-0.4, -0.2) is 61.7 Å². The summed E-state index contributed by atoms with van der Waals surface area (Å²) in [6.07, 6.45) is 0. The van der Waals surface area contributed by atoms with Gasteiger partial charge in [0.1, 0.15) is 17.1 Å². The van der Waals surface area contributed by atoms with Gasteiger partial charge in [-0.05, 0) is 17.7 Å². The van der Waals surface area contributed by atoms with Crippen LogP contribution in [0.5, 0.6) is 5.75 Å². The number of rotatable bonds is 3. The van der Waals surface area contributed by atoms with Gasteiger partial charge in [-0.15, -0.1) is 0 Å². The molecule has 0 N–H and O–H groups in total. The first kappa shape index (κ1) is 17.9. The number of amides is 1. The summed E-state index contributed by atoms with van der Waals surface area (Å²) in [5.41, 5.74) is 1.22. The normalized spacial score (nSPS) is 23.0. The molecule has 0 spiro atoms. The van der Waals surface area contributed by atoms with Gasteiger partial charge in [-0.3, -0.25) is 9.69 Å². The molecule has 2 aromatic carbocycles. The zero-order valence-electron chi connectivity index (χ0n) is 15.3. The van der Waals surface area contributed by atoms with Crippen molar-refractivity contribution in [3.8, 4) is 5.75 Å². The van der Waals surface area contributed by atoms with Crippen molar-refractivity contribution in [3.05, 3.63) is 65.5 Å². The summed E-state index contributed by atoms with van der Waals surface area (Å²) >= 11 is 0. The fourth-order valence-electron chi connectivity index (χ4n) is 4.03. The Hall–Kier alpha value is -2.44. The lowest BCUT2D eigenvalue weighted by atomic mass is 9.99. The summed E-state index contributed by atoms with van der Waals surface area (Å²) in [6, 6.07) is 15.0. The average Bonchev–Trinajstić information content (AvgIpc) is 2.72. The Morgan fingerprint density at radius 3 is 2.70 bits per heavy atom. The highest BCUT2D eigenvalue weighted by Gasteiger charge is 2.38. The van der Waals surface area contributed by atoms with Crippen LogP contribution in [0.15, 0.2) is 48.5 Å². The van der Waals surface area contributed by atoms with Gasteiger partial charge in [-0.25, -0.2) is 4.39 Å². The number of benzene rings is 2. The molecule has 0 unspecified atom stereocenters. The topological polar surface area (TPSA) is 42.0 Å². The van der Waals surface area contributed by atoms with Crippen LogP contribution in [0.4, 0.5) is 4.39 Å². The number of hydrogen-bond donors (Lipinski definition) is 0. The molecule has 0 bridgehead atoms. The highest BCUT2D eigenvalue weighted by Crippen LogP contribution is 2.31. The van der Waals surface area contributed by atoms with E-state index >= 15 is 0 Å². The van der Waals surface area contributed by atoms with Crippen molar-refractivity contribution in [2.45, 2.75) is 12.1 Å². The third kappa shape index (κ3) is 3.42. The first-order valence-electron chi connectivity index (χ1n) is 9.19. The molecule has 1 amide bonds. The summed E-state index contributed by atoms with van der Waals surface area (Å²) in [5.74, 6) is -0.611. The summed E-state index contributed by atoms with van der Waals surface area (Å²) < 4.78 is 25.3. The van der Waals surface area contributed by atoms with Crippen molar-refractivity contribution in [2.75, 3.05) is 40.0 Å². The fraction of sp³-hybridized carbons (Fsp3) is 0.381. The number of carbonyl (C=O) groups is 1. The van der Waals surface area contributed by atoms with E-state index in [-0.39, 0.29) is 29.3 Å². The molecule has 2 aliphatic heterocycles. The maximum absolute atomic E-state index is 14.3. The van der Waals surface area contributed by atoms with Crippen molar-refractivity contribution < 1.29 is 18.7 Å². The lowest BCUT2D eigenvalue weighted by Crippen LogP contribution is -2.60. The van der Waals surface area contributed by atoms with Gasteiger partial charge in [-0.1, -0.05) is 36.4 Å². The van der Waals surface area contributed by atoms with E-state index < -0.39 is 5.82 Å². The van der Waals surface area contributed by atoms with Crippen LogP contribution in [0.25, 0.3) is 0 Å². The van der Waals surface area contributed by atoms with Gasteiger partial charge >= 0.3 is 0 Å². The summed E-state index contributed by atoms with van der Waals surface area (Å²) in [6.45, 7) is 3.02. The monoisotopic (exact) mass is 370 g/mol. The number of nitrogens with zero attached hydrogens (tertiary/aromatic N) is 2. The van der Waals surface area contributed by atoms with Crippen LogP contribution in [0, 0.1) is 5.82 Å². The minimum Gasteiger partial charge on any atom is -0.496 e. The minimum absolute atomic E-state index is 0.00443. The third-order valence-electron chi connectivity index (χ3n) is 5.40. The summed E-state index contributed by atoms with van der Waals surface area (Å²) in [4.78, 5) is 17.1. The van der Waals surface area contributed by atoms with Gasteiger partial charge < -0.3 is 14.4 Å². The van der Waals surface area contributed by atoms with E-state index in [0.717, 1.165) is 6.54 Å². The number of halogens is 1. The van der Waals surface area contributed by atoms with Gasteiger partial charge in [0.15, 0.2) is 0 Å². The van der Waals surface area contributed by atoms with Gasteiger partial charge in [0.25, 0.3) is 5.91 Å². The zero-order valence-corrected chi connectivity index (χ0v) is 15.3. The predicted octanol–water partition coefficient (Wildman–Crippen LogP) is 2.73. The average molecular weight is 370 g/mol. The molecule has 2 saturated heterocycles. The molecule has 0 aromatic heterocycles. The Labute approximate surface area is 158 Å². The smallest absolute Gasteiger partial charge is 0.260 e. The molecular weight excluding hydrogens is 347 g/mol. The second-order valence-electron chi connectivity index (χ2n) is 6.92. The van der Waals surface area contributed by atoms with E-state index in [2.05, 4.69) is 17.0 Å². The number of hydrogen-bond acceptors (Lipinski definition) is 4. The third-order valence-corrected chi connectivity index (χ3v) is 5.40. The molecular formula is C21H23FN2O3. The highest BCUT2D eigenvalue weighted by molar-refractivity contribution is 5.97. The molecule has 142 valence electrons. The number of ether oxygens (including phenoxy) is 2. The number of piperazine rings is 1. The lowest BCUT2D eigenvalue weighted by molar-refractivity contribution is -0.0771. The molecule has 0 radical (unpaired) electrons. The molecule has 5 nitrogen and oxygen atoms in total. The van der Waals surface area contributed by atoms with E-state index in [1.807, 2.05) is 18.2 Å². The minimum atomic E-state index is -0.552. The molecule has 27 heavy (non-hydrogen) atoms. The molecule has 2 atom stereocenters. The largest absolute Gasteiger partial charge is 0.496 e. The van der Waals surface area contributed by atoms with Crippen LogP contribution < -0.4 is 4.74 Å². The van der Waals surface area contributed by atoms with Crippen molar-refractivity contribution >= 4 is 5.91 Å². The van der Waals surface area contributed by atoms with Crippen LogP contribution in [0.2, 0.25) is 0 Å². The number of carbonyl (C=O) groups excluding carboxylic acids is 1. The van der Waals surface area contributed by atoms with Gasteiger partial charge in [0.2, 0.25) is 0 Å². The molecule has 2 aliphatic rings. The van der Waals surface area contributed by atoms with Gasteiger partial charge in [-0.2, -0.15) is 0 Å². The van der Waals surface area contributed by atoms with Crippen LogP contribution >= 0.6 is 0 Å². The van der Waals surface area contributed by atoms with Crippen molar-refractivity contribution in [3.63, 3.8) is 0 Å². The fourth-order valence-corrected chi connectivity index (χ4v) is 4.03. The van der Waals surface area contributed by atoms with Gasteiger partial charge in [0.05, 0.1) is 32.4 Å². The zero-order chi connectivity index (χ0) is 18.8. The first-order chi connectivity index (χ1) is 13.2. The van der Waals surface area contributed by atoms with Crippen molar-refractivity contribution in [1.29, 1.82) is 0 Å².